The second kappa shape index (κ2) is 8.36. The Morgan fingerprint density at radius 1 is 1.32 bits per heavy atom. The quantitative estimate of drug-likeness (QED) is 0.519. The predicted molar refractivity (Wildman–Crippen MR) is 112 cm³/mol. The molecule has 1 fully saturated rings. The van der Waals surface area contributed by atoms with Crippen molar-refractivity contribution < 1.29 is 9.53 Å². The lowest BCUT2D eigenvalue weighted by Crippen LogP contribution is -2.27. The van der Waals surface area contributed by atoms with Crippen molar-refractivity contribution in [2.45, 2.75) is 30.6 Å². The van der Waals surface area contributed by atoms with Gasteiger partial charge in [0.2, 0.25) is 5.91 Å². The number of carbonyl (C=O) groups is 1. The van der Waals surface area contributed by atoms with Crippen molar-refractivity contribution in [3.63, 3.8) is 0 Å². The molecule has 3 aromatic rings. The summed E-state index contributed by atoms with van der Waals surface area (Å²) in [5.41, 5.74) is 1.04. The Bertz CT molecular complexity index is 951. The summed E-state index contributed by atoms with van der Waals surface area (Å²) in [5.74, 6) is 2.12. The minimum atomic E-state index is 0.0656. The van der Waals surface area contributed by atoms with E-state index >= 15 is 0 Å². The summed E-state index contributed by atoms with van der Waals surface area (Å²) in [7, 11) is 3.47. The molecule has 0 unspecified atom stereocenters. The lowest BCUT2D eigenvalue weighted by molar-refractivity contribution is -0.127. The number of thioether (sulfide) groups is 1. The number of benzene rings is 1. The highest BCUT2D eigenvalue weighted by molar-refractivity contribution is 7.99. The van der Waals surface area contributed by atoms with Crippen molar-refractivity contribution in [2.24, 2.45) is 0 Å². The minimum absolute atomic E-state index is 0.0656. The SMILES string of the molecule is COc1cccc(CN(C)C(=O)CSc2nnc(-c3cccs3)n2C2CC2)c1. The molecule has 1 aromatic carbocycles. The van der Waals surface area contributed by atoms with E-state index < -0.39 is 0 Å². The minimum Gasteiger partial charge on any atom is -0.497 e. The Kier molecular flexibility index (Phi) is 5.68. The Morgan fingerprint density at radius 3 is 2.89 bits per heavy atom. The first-order valence-corrected chi connectivity index (χ1v) is 11.0. The van der Waals surface area contributed by atoms with Crippen LogP contribution < -0.4 is 4.74 Å². The number of methoxy groups -OCH3 is 1. The number of carbonyl (C=O) groups excluding carboxylic acids is 1. The van der Waals surface area contributed by atoms with Gasteiger partial charge >= 0.3 is 0 Å². The molecule has 1 aliphatic rings. The van der Waals surface area contributed by atoms with Crippen molar-refractivity contribution >= 4 is 29.0 Å². The number of rotatable bonds is 8. The standard InChI is InChI=1S/C20H22N4O2S2/c1-23(12-14-5-3-6-16(11-14)26-2)18(25)13-28-20-22-21-19(17-7-4-10-27-17)24(20)15-8-9-15/h3-7,10-11,15H,8-9,12-13H2,1-2H3. The van der Waals surface area contributed by atoms with Crippen LogP contribution in [0.1, 0.15) is 24.4 Å². The molecule has 0 saturated heterocycles. The topological polar surface area (TPSA) is 60.2 Å². The third-order valence-electron chi connectivity index (χ3n) is 4.62. The van der Waals surface area contributed by atoms with Gasteiger partial charge in [0.1, 0.15) is 5.75 Å². The third-order valence-corrected chi connectivity index (χ3v) is 6.42. The van der Waals surface area contributed by atoms with Gasteiger partial charge in [0.15, 0.2) is 11.0 Å². The van der Waals surface area contributed by atoms with E-state index in [-0.39, 0.29) is 5.91 Å². The van der Waals surface area contributed by atoms with Crippen LogP contribution in [-0.4, -0.2) is 45.5 Å². The molecule has 1 amide bonds. The zero-order chi connectivity index (χ0) is 19.5. The van der Waals surface area contributed by atoms with Crippen LogP contribution in [-0.2, 0) is 11.3 Å². The van der Waals surface area contributed by atoms with Crippen molar-refractivity contribution in [2.75, 3.05) is 19.9 Å². The number of aromatic nitrogens is 3. The molecule has 1 aliphatic carbocycles. The Morgan fingerprint density at radius 2 is 2.18 bits per heavy atom. The van der Waals surface area contributed by atoms with Crippen LogP contribution in [0.15, 0.2) is 46.9 Å². The van der Waals surface area contributed by atoms with E-state index in [1.54, 1.807) is 23.3 Å². The van der Waals surface area contributed by atoms with E-state index in [9.17, 15) is 4.79 Å². The molecule has 8 heteroatoms. The second-order valence-corrected chi connectivity index (χ2v) is 8.66. The highest BCUT2D eigenvalue weighted by Gasteiger charge is 2.30. The summed E-state index contributed by atoms with van der Waals surface area (Å²) < 4.78 is 7.45. The fourth-order valence-electron chi connectivity index (χ4n) is 2.98. The molecule has 0 spiro atoms. The van der Waals surface area contributed by atoms with Crippen LogP contribution in [0.3, 0.4) is 0 Å². The van der Waals surface area contributed by atoms with Crippen molar-refractivity contribution in [1.29, 1.82) is 0 Å². The van der Waals surface area contributed by atoms with Gasteiger partial charge < -0.3 is 9.64 Å². The Hall–Kier alpha value is -2.32. The Balaban J connectivity index is 1.41. The van der Waals surface area contributed by atoms with Crippen LogP contribution in [0, 0.1) is 0 Å². The van der Waals surface area contributed by atoms with Gasteiger partial charge in [-0.3, -0.25) is 9.36 Å². The number of amides is 1. The van der Waals surface area contributed by atoms with Crippen molar-refractivity contribution in [3.05, 3.63) is 47.3 Å². The molecule has 0 aliphatic heterocycles. The molecule has 0 N–H and O–H groups in total. The first-order chi connectivity index (χ1) is 13.7. The molecule has 0 bridgehead atoms. The second-order valence-electron chi connectivity index (χ2n) is 6.77. The van der Waals surface area contributed by atoms with E-state index in [1.807, 2.05) is 42.8 Å². The summed E-state index contributed by atoms with van der Waals surface area (Å²) in [5, 5.41) is 11.6. The maximum Gasteiger partial charge on any atom is 0.233 e. The zero-order valence-electron chi connectivity index (χ0n) is 15.9. The summed E-state index contributed by atoms with van der Waals surface area (Å²) >= 11 is 3.13. The van der Waals surface area contributed by atoms with Gasteiger partial charge in [-0.2, -0.15) is 0 Å². The fraction of sp³-hybridized carbons (Fsp3) is 0.350. The van der Waals surface area contributed by atoms with E-state index in [0.717, 1.165) is 40.0 Å². The van der Waals surface area contributed by atoms with E-state index in [1.165, 1.54) is 11.8 Å². The monoisotopic (exact) mass is 414 g/mol. The van der Waals surface area contributed by atoms with Gasteiger partial charge in [-0.05, 0) is 42.0 Å². The molecule has 4 rings (SSSR count). The average Bonchev–Trinajstić information content (AvgIpc) is 3.23. The first kappa shape index (κ1) is 19.0. The molecule has 28 heavy (non-hydrogen) atoms. The van der Waals surface area contributed by atoms with Crippen LogP contribution in [0.4, 0.5) is 0 Å². The maximum atomic E-state index is 12.6. The number of hydrogen-bond donors (Lipinski definition) is 0. The molecule has 2 heterocycles. The van der Waals surface area contributed by atoms with Crippen LogP contribution in [0.5, 0.6) is 5.75 Å². The van der Waals surface area contributed by atoms with Crippen LogP contribution in [0.2, 0.25) is 0 Å². The van der Waals surface area contributed by atoms with Crippen molar-refractivity contribution in [1.82, 2.24) is 19.7 Å². The van der Waals surface area contributed by atoms with Gasteiger partial charge in [-0.25, -0.2) is 0 Å². The molecule has 146 valence electrons. The summed E-state index contributed by atoms with van der Waals surface area (Å²) in [6.45, 7) is 0.548. The van der Waals surface area contributed by atoms with Crippen LogP contribution in [0.25, 0.3) is 10.7 Å². The molecule has 1 saturated carbocycles. The average molecular weight is 415 g/mol. The largest absolute Gasteiger partial charge is 0.497 e. The lowest BCUT2D eigenvalue weighted by atomic mass is 10.2. The molecule has 0 atom stereocenters. The fourth-order valence-corrected chi connectivity index (χ4v) is 4.63. The van der Waals surface area contributed by atoms with Crippen LogP contribution >= 0.6 is 23.1 Å². The summed E-state index contributed by atoms with van der Waals surface area (Å²) in [6.07, 6.45) is 2.29. The predicted octanol–water partition coefficient (Wildman–Crippen LogP) is 4.10. The van der Waals surface area contributed by atoms with E-state index in [0.29, 0.717) is 18.3 Å². The zero-order valence-corrected chi connectivity index (χ0v) is 17.5. The van der Waals surface area contributed by atoms with Gasteiger partial charge in [0.25, 0.3) is 0 Å². The smallest absolute Gasteiger partial charge is 0.233 e. The Labute approximate surface area is 172 Å². The summed E-state index contributed by atoms with van der Waals surface area (Å²) in [6, 6.07) is 12.3. The number of ether oxygens (including phenoxy) is 1. The third kappa shape index (κ3) is 4.23. The lowest BCUT2D eigenvalue weighted by Gasteiger charge is -2.17. The molecule has 0 radical (unpaired) electrons. The first-order valence-electron chi connectivity index (χ1n) is 9.14. The highest BCUT2D eigenvalue weighted by Crippen LogP contribution is 2.41. The van der Waals surface area contributed by atoms with Gasteiger partial charge in [0.05, 0.1) is 17.7 Å². The summed E-state index contributed by atoms with van der Waals surface area (Å²) in [4.78, 5) is 15.5. The van der Waals surface area contributed by atoms with Crippen molar-refractivity contribution in [3.8, 4) is 16.5 Å². The maximum absolute atomic E-state index is 12.6. The number of thiophene rings is 1. The number of hydrogen-bond acceptors (Lipinski definition) is 6. The van der Waals surface area contributed by atoms with Gasteiger partial charge in [-0.15, -0.1) is 21.5 Å². The van der Waals surface area contributed by atoms with E-state index in [4.69, 9.17) is 4.74 Å². The van der Waals surface area contributed by atoms with E-state index in [2.05, 4.69) is 20.8 Å². The highest BCUT2D eigenvalue weighted by atomic mass is 32.2. The number of nitrogens with zero attached hydrogens (tertiary/aromatic N) is 4. The molecular weight excluding hydrogens is 392 g/mol. The normalized spacial score (nSPS) is 13.5. The molecular formula is C20H22N4O2S2. The van der Waals surface area contributed by atoms with Gasteiger partial charge in [0, 0.05) is 19.6 Å². The molecule has 6 nitrogen and oxygen atoms in total. The van der Waals surface area contributed by atoms with Gasteiger partial charge in [-0.1, -0.05) is 30.0 Å². The molecule has 2 aromatic heterocycles.